The van der Waals surface area contributed by atoms with Crippen molar-refractivity contribution >= 4 is 17.2 Å². The first-order chi connectivity index (χ1) is 15.6. The number of nitrogens with one attached hydrogen (secondary N) is 1. The topological polar surface area (TPSA) is 90.7 Å². The number of methoxy groups -OCH3 is 2. The van der Waals surface area contributed by atoms with Crippen molar-refractivity contribution in [3.63, 3.8) is 0 Å². The molecule has 1 aliphatic heterocycles. The molecule has 9 nitrogen and oxygen atoms in total. The number of amides is 1. The first-order valence-corrected chi connectivity index (χ1v) is 11.2. The van der Waals surface area contributed by atoms with Crippen molar-refractivity contribution in [2.24, 2.45) is 7.05 Å². The van der Waals surface area contributed by atoms with Crippen LogP contribution in [0.25, 0.3) is 10.6 Å². The third-order valence-electron chi connectivity index (χ3n) is 5.42. The Hall–Kier alpha value is -2.95. The number of carbonyl (C=O) groups excluding carboxylic acids is 1. The Morgan fingerprint density at radius 2 is 2.03 bits per heavy atom. The molecule has 3 aromatic rings. The maximum atomic E-state index is 12.9. The third-order valence-corrected chi connectivity index (χ3v) is 6.31. The Labute approximate surface area is 190 Å². The molecule has 0 bridgehead atoms. The van der Waals surface area contributed by atoms with Crippen molar-refractivity contribution < 1.29 is 19.0 Å². The Bertz CT molecular complexity index is 1060. The number of thiazole rings is 1. The number of ether oxygens (including phenoxy) is 3. The summed E-state index contributed by atoms with van der Waals surface area (Å²) in [6.45, 7) is 3.35. The molecule has 1 aliphatic rings. The number of aryl methyl sites for hydroxylation is 1. The Morgan fingerprint density at radius 3 is 2.72 bits per heavy atom. The summed E-state index contributed by atoms with van der Waals surface area (Å²) in [5, 5.41) is 9.77. The molecule has 2 aromatic heterocycles. The van der Waals surface area contributed by atoms with E-state index in [0.29, 0.717) is 37.0 Å². The molecule has 0 aliphatic carbocycles. The van der Waals surface area contributed by atoms with Gasteiger partial charge in [0.1, 0.15) is 10.7 Å². The molecule has 10 heteroatoms. The van der Waals surface area contributed by atoms with Gasteiger partial charge in [0.05, 0.1) is 39.7 Å². The van der Waals surface area contributed by atoms with Crippen LogP contribution in [0.1, 0.15) is 22.1 Å². The molecule has 3 heterocycles. The van der Waals surface area contributed by atoms with E-state index >= 15 is 0 Å². The van der Waals surface area contributed by atoms with Crippen LogP contribution in [0.3, 0.4) is 0 Å². The smallest absolute Gasteiger partial charge is 0.270 e. The molecular weight excluding hydrogens is 430 g/mol. The molecular formula is C22H27N5O4S. The molecule has 1 atom stereocenters. The van der Waals surface area contributed by atoms with Gasteiger partial charge in [0, 0.05) is 43.8 Å². The van der Waals surface area contributed by atoms with E-state index < -0.39 is 0 Å². The number of benzene rings is 1. The predicted octanol–water partition coefficient (Wildman–Crippen LogP) is 2.36. The number of morpholine rings is 1. The van der Waals surface area contributed by atoms with Crippen LogP contribution in [0.4, 0.5) is 0 Å². The van der Waals surface area contributed by atoms with Gasteiger partial charge in [-0.3, -0.25) is 14.4 Å². The second kappa shape index (κ2) is 10.1. The maximum absolute atomic E-state index is 12.9. The van der Waals surface area contributed by atoms with Crippen molar-refractivity contribution in [2.45, 2.75) is 6.04 Å². The normalized spacial score (nSPS) is 15.3. The minimum atomic E-state index is -0.199. The molecule has 1 aromatic carbocycles. The molecule has 32 heavy (non-hydrogen) atoms. The van der Waals surface area contributed by atoms with Crippen molar-refractivity contribution in [3.8, 4) is 22.1 Å². The molecule has 1 unspecified atom stereocenters. The van der Waals surface area contributed by atoms with Gasteiger partial charge in [-0.15, -0.1) is 11.3 Å². The van der Waals surface area contributed by atoms with Gasteiger partial charge in [-0.05, 0) is 17.7 Å². The fraction of sp³-hybridized carbons (Fsp3) is 0.409. The fourth-order valence-corrected chi connectivity index (χ4v) is 4.50. The largest absolute Gasteiger partial charge is 0.493 e. The summed E-state index contributed by atoms with van der Waals surface area (Å²) in [5.74, 6) is 1.14. The SMILES string of the molecule is COc1ccc(C(CNC(=O)c2csc(-c3cnn(C)c3)n2)N2CCOCC2)cc1OC. The monoisotopic (exact) mass is 457 g/mol. The highest BCUT2D eigenvalue weighted by atomic mass is 32.1. The first-order valence-electron chi connectivity index (χ1n) is 10.4. The van der Waals surface area contributed by atoms with Crippen LogP contribution in [0, 0.1) is 0 Å². The van der Waals surface area contributed by atoms with E-state index in [9.17, 15) is 4.79 Å². The Balaban J connectivity index is 1.50. The van der Waals surface area contributed by atoms with Gasteiger partial charge in [0.2, 0.25) is 0 Å². The number of hydrogen-bond donors (Lipinski definition) is 1. The highest BCUT2D eigenvalue weighted by Crippen LogP contribution is 2.32. The molecule has 1 N–H and O–H groups in total. The summed E-state index contributed by atoms with van der Waals surface area (Å²) in [6.07, 6.45) is 3.62. The number of nitrogens with zero attached hydrogens (tertiary/aromatic N) is 4. The van der Waals surface area contributed by atoms with Gasteiger partial charge >= 0.3 is 0 Å². The second-order valence-electron chi connectivity index (χ2n) is 7.43. The third kappa shape index (κ3) is 4.93. The summed E-state index contributed by atoms with van der Waals surface area (Å²) in [5.41, 5.74) is 2.34. The molecule has 0 radical (unpaired) electrons. The quantitative estimate of drug-likeness (QED) is 0.555. The highest BCUT2D eigenvalue weighted by Gasteiger charge is 2.25. The Morgan fingerprint density at radius 1 is 1.25 bits per heavy atom. The van der Waals surface area contributed by atoms with Crippen molar-refractivity contribution in [1.29, 1.82) is 0 Å². The van der Waals surface area contributed by atoms with Crippen LogP contribution >= 0.6 is 11.3 Å². The van der Waals surface area contributed by atoms with Crippen molar-refractivity contribution in [3.05, 3.63) is 47.2 Å². The lowest BCUT2D eigenvalue weighted by Gasteiger charge is -2.35. The van der Waals surface area contributed by atoms with Crippen LogP contribution in [0.5, 0.6) is 11.5 Å². The van der Waals surface area contributed by atoms with Crippen LogP contribution in [-0.4, -0.2) is 72.6 Å². The van der Waals surface area contributed by atoms with Crippen LogP contribution in [0.2, 0.25) is 0 Å². The van der Waals surface area contributed by atoms with Gasteiger partial charge in [-0.25, -0.2) is 4.98 Å². The lowest BCUT2D eigenvalue weighted by molar-refractivity contribution is 0.0161. The predicted molar refractivity (Wildman–Crippen MR) is 121 cm³/mol. The first kappa shape index (κ1) is 22.3. The minimum absolute atomic E-state index is 0.0286. The Kier molecular flexibility index (Phi) is 7.03. The van der Waals surface area contributed by atoms with E-state index in [1.807, 2.05) is 31.4 Å². The van der Waals surface area contributed by atoms with E-state index in [2.05, 4.69) is 20.3 Å². The molecule has 1 saturated heterocycles. The molecule has 4 rings (SSSR count). The summed E-state index contributed by atoms with van der Waals surface area (Å²) in [6, 6.07) is 5.84. The van der Waals surface area contributed by atoms with Gasteiger partial charge in [-0.2, -0.15) is 5.10 Å². The number of carbonyl (C=O) groups is 1. The molecule has 170 valence electrons. The second-order valence-corrected chi connectivity index (χ2v) is 8.29. The zero-order valence-electron chi connectivity index (χ0n) is 18.4. The molecule has 0 saturated carbocycles. The average molecular weight is 458 g/mol. The van der Waals surface area contributed by atoms with E-state index in [0.717, 1.165) is 29.2 Å². The van der Waals surface area contributed by atoms with Gasteiger partial charge in [0.15, 0.2) is 11.5 Å². The molecule has 1 amide bonds. The van der Waals surface area contributed by atoms with E-state index in [1.54, 1.807) is 30.5 Å². The lowest BCUT2D eigenvalue weighted by atomic mass is 10.0. The average Bonchev–Trinajstić information content (AvgIpc) is 3.49. The zero-order chi connectivity index (χ0) is 22.5. The van der Waals surface area contributed by atoms with Crippen molar-refractivity contribution in [1.82, 2.24) is 25.0 Å². The summed E-state index contributed by atoms with van der Waals surface area (Å²) in [4.78, 5) is 19.7. The fourth-order valence-electron chi connectivity index (χ4n) is 3.73. The summed E-state index contributed by atoms with van der Waals surface area (Å²) in [7, 11) is 5.09. The zero-order valence-corrected chi connectivity index (χ0v) is 19.2. The highest BCUT2D eigenvalue weighted by molar-refractivity contribution is 7.13. The molecule has 0 spiro atoms. The van der Waals surface area contributed by atoms with Crippen molar-refractivity contribution in [2.75, 3.05) is 47.1 Å². The van der Waals surface area contributed by atoms with E-state index in [1.165, 1.54) is 11.3 Å². The number of rotatable bonds is 8. The molecule has 1 fully saturated rings. The minimum Gasteiger partial charge on any atom is -0.493 e. The van der Waals surface area contributed by atoms with Gasteiger partial charge in [-0.1, -0.05) is 6.07 Å². The van der Waals surface area contributed by atoms with Gasteiger partial charge < -0.3 is 19.5 Å². The standard InChI is InChI=1S/C22H27N5O4S/c1-26-13-16(11-24-26)22-25-17(14-32-22)21(28)23-12-18(27-6-8-31-9-7-27)15-4-5-19(29-2)20(10-15)30-3/h4-5,10-11,13-14,18H,6-9,12H2,1-3H3,(H,23,28). The lowest BCUT2D eigenvalue weighted by Crippen LogP contribution is -2.43. The number of aromatic nitrogens is 3. The van der Waals surface area contributed by atoms with Crippen LogP contribution in [-0.2, 0) is 11.8 Å². The van der Waals surface area contributed by atoms with E-state index in [-0.39, 0.29) is 11.9 Å². The van der Waals surface area contributed by atoms with Crippen LogP contribution < -0.4 is 14.8 Å². The summed E-state index contributed by atoms with van der Waals surface area (Å²) < 4.78 is 18.1. The maximum Gasteiger partial charge on any atom is 0.270 e. The summed E-state index contributed by atoms with van der Waals surface area (Å²) >= 11 is 1.43. The van der Waals surface area contributed by atoms with Gasteiger partial charge in [0.25, 0.3) is 5.91 Å². The van der Waals surface area contributed by atoms with E-state index in [4.69, 9.17) is 14.2 Å². The van der Waals surface area contributed by atoms with Crippen LogP contribution in [0.15, 0.2) is 36.0 Å². The number of hydrogen-bond acceptors (Lipinski definition) is 8.